The minimum atomic E-state index is 0.292. The molecule has 0 radical (unpaired) electrons. The van der Waals surface area contributed by atoms with Crippen molar-refractivity contribution in [3.8, 4) is 0 Å². The molecule has 2 rings (SSSR count). The van der Waals surface area contributed by atoms with Crippen LogP contribution in [0.3, 0.4) is 0 Å². The monoisotopic (exact) mass is 281 g/mol. The standard InChI is InChI=1S/C15H23NO2S/c1-18-12-13-5-2-8-16(11-13)9-3-6-14(17)15-7-4-10-19-15/h4,7,10,13H,2-3,5-6,8-9,11-12H2,1H3. The number of Topliss-reactive ketones (excluding diaryl/α,β-unsaturated/α-hetero) is 1. The fraction of sp³-hybridized carbons (Fsp3) is 0.667. The van der Waals surface area contributed by atoms with Gasteiger partial charge in [0, 0.05) is 20.1 Å². The molecule has 0 aliphatic carbocycles. The summed E-state index contributed by atoms with van der Waals surface area (Å²) >= 11 is 1.54. The molecule has 0 saturated carbocycles. The van der Waals surface area contributed by atoms with E-state index in [-0.39, 0.29) is 0 Å². The van der Waals surface area contributed by atoms with Gasteiger partial charge in [-0.15, -0.1) is 11.3 Å². The summed E-state index contributed by atoms with van der Waals surface area (Å²) in [6.07, 6.45) is 4.17. The van der Waals surface area contributed by atoms with E-state index in [4.69, 9.17) is 4.74 Å². The number of nitrogens with zero attached hydrogens (tertiary/aromatic N) is 1. The summed E-state index contributed by atoms with van der Waals surface area (Å²) in [6, 6.07) is 3.86. The van der Waals surface area contributed by atoms with Crippen LogP contribution in [0, 0.1) is 5.92 Å². The molecule has 0 N–H and O–H groups in total. The lowest BCUT2D eigenvalue weighted by atomic mass is 9.98. The van der Waals surface area contributed by atoms with Crippen LogP contribution >= 0.6 is 11.3 Å². The number of ether oxygens (including phenoxy) is 1. The van der Waals surface area contributed by atoms with Gasteiger partial charge in [0.05, 0.1) is 11.5 Å². The van der Waals surface area contributed by atoms with Gasteiger partial charge in [-0.3, -0.25) is 4.79 Å². The average molecular weight is 281 g/mol. The lowest BCUT2D eigenvalue weighted by Gasteiger charge is -2.32. The first kappa shape index (κ1) is 14.7. The van der Waals surface area contributed by atoms with E-state index in [9.17, 15) is 4.79 Å². The van der Waals surface area contributed by atoms with Crippen molar-refractivity contribution in [3.63, 3.8) is 0 Å². The number of rotatable bonds is 7. The largest absolute Gasteiger partial charge is 0.384 e. The van der Waals surface area contributed by atoms with E-state index in [2.05, 4.69) is 4.90 Å². The minimum Gasteiger partial charge on any atom is -0.384 e. The van der Waals surface area contributed by atoms with Crippen LogP contribution in [0.15, 0.2) is 17.5 Å². The molecule has 3 nitrogen and oxygen atoms in total. The summed E-state index contributed by atoms with van der Waals surface area (Å²) in [6.45, 7) is 4.20. The Balaban J connectivity index is 1.66. The van der Waals surface area contributed by atoms with Gasteiger partial charge < -0.3 is 9.64 Å². The van der Waals surface area contributed by atoms with Crippen LogP contribution in [0.4, 0.5) is 0 Å². The fourth-order valence-corrected chi connectivity index (χ4v) is 3.44. The smallest absolute Gasteiger partial charge is 0.172 e. The maximum Gasteiger partial charge on any atom is 0.172 e. The Labute approximate surface area is 119 Å². The summed E-state index contributed by atoms with van der Waals surface area (Å²) in [4.78, 5) is 15.3. The fourth-order valence-electron chi connectivity index (χ4n) is 2.75. The number of methoxy groups -OCH3 is 1. The second kappa shape index (κ2) is 7.78. The number of likely N-dealkylation sites (tertiary alicyclic amines) is 1. The molecule has 0 amide bonds. The highest BCUT2D eigenvalue weighted by molar-refractivity contribution is 7.12. The van der Waals surface area contributed by atoms with Crippen LogP contribution in [-0.2, 0) is 4.74 Å². The van der Waals surface area contributed by atoms with E-state index < -0.39 is 0 Å². The van der Waals surface area contributed by atoms with Gasteiger partial charge >= 0.3 is 0 Å². The van der Waals surface area contributed by atoms with Crippen molar-refractivity contribution in [3.05, 3.63) is 22.4 Å². The van der Waals surface area contributed by atoms with E-state index in [1.165, 1.54) is 19.4 Å². The van der Waals surface area contributed by atoms with Gasteiger partial charge in [0.2, 0.25) is 0 Å². The van der Waals surface area contributed by atoms with Gasteiger partial charge in [0.25, 0.3) is 0 Å². The van der Waals surface area contributed by atoms with Crippen molar-refractivity contribution in [1.29, 1.82) is 0 Å². The summed E-state index contributed by atoms with van der Waals surface area (Å²) in [7, 11) is 1.78. The number of ketones is 1. The normalized spacial score (nSPS) is 20.6. The third kappa shape index (κ3) is 4.71. The molecule has 0 spiro atoms. The van der Waals surface area contributed by atoms with E-state index >= 15 is 0 Å². The number of piperidine rings is 1. The molecule has 1 aromatic rings. The van der Waals surface area contributed by atoms with Crippen molar-refractivity contribution in [1.82, 2.24) is 4.90 Å². The van der Waals surface area contributed by atoms with E-state index in [0.29, 0.717) is 18.1 Å². The molecule has 1 fully saturated rings. The van der Waals surface area contributed by atoms with Gasteiger partial charge in [0.15, 0.2) is 5.78 Å². The number of thiophene rings is 1. The lowest BCUT2D eigenvalue weighted by molar-refractivity contribution is 0.0870. The van der Waals surface area contributed by atoms with E-state index in [0.717, 1.165) is 31.0 Å². The van der Waals surface area contributed by atoms with Crippen LogP contribution in [0.2, 0.25) is 0 Å². The molecule has 1 aromatic heterocycles. The van der Waals surface area contributed by atoms with Crippen molar-refractivity contribution < 1.29 is 9.53 Å². The Kier molecular flexibility index (Phi) is 6.01. The Morgan fingerprint density at radius 1 is 1.58 bits per heavy atom. The molecule has 0 bridgehead atoms. The first-order valence-electron chi connectivity index (χ1n) is 7.07. The van der Waals surface area contributed by atoms with Gasteiger partial charge in [0.1, 0.15) is 0 Å². The zero-order chi connectivity index (χ0) is 13.5. The second-order valence-electron chi connectivity index (χ2n) is 5.27. The number of carbonyl (C=O) groups is 1. The second-order valence-corrected chi connectivity index (χ2v) is 6.22. The van der Waals surface area contributed by atoms with Gasteiger partial charge in [-0.2, -0.15) is 0 Å². The van der Waals surface area contributed by atoms with E-state index in [1.807, 2.05) is 17.5 Å². The van der Waals surface area contributed by atoms with Gasteiger partial charge in [-0.25, -0.2) is 0 Å². The Morgan fingerprint density at radius 2 is 2.47 bits per heavy atom. The molecular weight excluding hydrogens is 258 g/mol. The van der Waals surface area contributed by atoms with Gasteiger partial charge in [-0.05, 0) is 49.7 Å². The minimum absolute atomic E-state index is 0.292. The highest BCUT2D eigenvalue weighted by Gasteiger charge is 2.19. The third-order valence-electron chi connectivity index (χ3n) is 3.68. The molecule has 4 heteroatoms. The molecular formula is C15H23NO2S. The molecule has 1 saturated heterocycles. The highest BCUT2D eigenvalue weighted by Crippen LogP contribution is 2.18. The molecule has 2 heterocycles. The van der Waals surface area contributed by atoms with Crippen molar-refractivity contribution in [2.24, 2.45) is 5.92 Å². The third-order valence-corrected chi connectivity index (χ3v) is 4.59. The highest BCUT2D eigenvalue weighted by atomic mass is 32.1. The van der Waals surface area contributed by atoms with Crippen molar-refractivity contribution in [2.75, 3.05) is 33.4 Å². The predicted molar refractivity (Wildman–Crippen MR) is 78.9 cm³/mol. The zero-order valence-corrected chi connectivity index (χ0v) is 12.5. The van der Waals surface area contributed by atoms with Crippen LogP contribution in [0.1, 0.15) is 35.4 Å². The topological polar surface area (TPSA) is 29.5 Å². The SMILES string of the molecule is COCC1CCCN(CCCC(=O)c2cccs2)C1. The van der Waals surface area contributed by atoms with Gasteiger partial charge in [-0.1, -0.05) is 6.07 Å². The molecule has 1 aliphatic rings. The average Bonchev–Trinajstić information content (AvgIpc) is 2.93. The molecule has 19 heavy (non-hydrogen) atoms. The van der Waals surface area contributed by atoms with Crippen LogP contribution in [0.5, 0.6) is 0 Å². The molecule has 1 unspecified atom stereocenters. The maximum absolute atomic E-state index is 11.9. The Hall–Kier alpha value is -0.710. The van der Waals surface area contributed by atoms with Crippen LogP contribution in [-0.4, -0.2) is 44.0 Å². The molecule has 106 valence electrons. The maximum atomic E-state index is 11.9. The summed E-state index contributed by atoms with van der Waals surface area (Å²) in [5.74, 6) is 0.965. The number of hydrogen-bond donors (Lipinski definition) is 0. The first-order chi connectivity index (χ1) is 9.29. The molecule has 1 aliphatic heterocycles. The Morgan fingerprint density at radius 3 is 3.21 bits per heavy atom. The van der Waals surface area contributed by atoms with Crippen LogP contribution < -0.4 is 0 Å². The van der Waals surface area contributed by atoms with E-state index in [1.54, 1.807) is 18.4 Å². The zero-order valence-electron chi connectivity index (χ0n) is 11.6. The van der Waals surface area contributed by atoms with Crippen molar-refractivity contribution in [2.45, 2.75) is 25.7 Å². The quantitative estimate of drug-likeness (QED) is 0.719. The van der Waals surface area contributed by atoms with Crippen LogP contribution in [0.25, 0.3) is 0 Å². The molecule has 0 aromatic carbocycles. The summed E-state index contributed by atoms with van der Waals surface area (Å²) in [5.41, 5.74) is 0. The number of carbonyl (C=O) groups excluding carboxylic acids is 1. The summed E-state index contributed by atoms with van der Waals surface area (Å²) in [5, 5.41) is 1.97. The lowest BCUT2D eigenvalue weighted by Crippen LogP contribution is -2.37. The summed E-state index contributed by atoms with van der Waals surface area (Å²) < 4.78 is 5.24. The predicted octanol–water partition coefficient (Wildman–Crippen LogP) is 3.07. The first-order valence-corrected chi connectivity index (χ1v) is 7.95. The Bertz CT molecular complexity index is 376. The number of hydrogen-bond acceptors (Lipinski definition) is 4. The molecule has 1 atom stereocenters. The van der Waals surface area contributed by atoms with Crippen molar-refractivity contribution >= 4 is 17.1 Å².